The molecule has 1 aromatic heterocycles. The molecule has 1 amide bonds. The topological polar surface area (TPSA) is 88.2 Å². The van der Waals surface area contributed by atoms with Crippen LogP contribution in [0.25, 0.3) is 0 Å². The number of oxime groups is 1. The van der Waals surface area contributed by atoms with Gasteiger partial charge in [0.05, 0.1) is 23.6 Å². The summed E-state index contributed by atoms with van der Waals surface area (Å²) in [6.07, 6.45) is 2.41. The molecule has 1 fully saturated rings. The number of aliphatic hydroxyl groups excluding tert-OH is 1. The van der Waals surface area contributed by atoms with Crippen LogP contribution in [0.5, 0.6) is 0 Å². The van der Waals surface area contributed by atoms with Gasteiger partial charge in [-0.1, -0.05) is 48.4 Å². The first-order valence-electron chi connectivity index (χ1n) is 11.1. The minimum Gasteiger partial charge on any atom is -0.391 e. The van der Waals surface area contributed by atoms with Crippen molar-refractivity contribution in [1.29, 1.82) is 0 Å². The zero-order valence-electron chi connectivity index (χ0n) is 18.2. The molecule has 3 aliphatic rings. The Morgan fingerprint density at radius 3 is 2.87 bits per heavy atom. The number of rotatable bonds is 4. The highest BCUT2D eigenvalue weighted by Crippen LogP contribution is 2.47. The largest absolute Gasteiger partial charge is 0.391 e. The molecule has 0 unspecified atom stereocenters. The molecule has 2 aliphatic heterocycles. The molecular weight excluding hydrogens is 394 g/mol. The number of benzene rings is 1. The van der Waals surface area contributed by atoms with Gasteiger partial charge in [-0.2, -0.15) is 0 Å². The number of aryl methyl sites for hydroxylation is 2. The number of likely N-dealkylation sites (tertiary alicyclic amines) is 1. The monoisotopic (exact) mass is 423 g/mol. The third kappa shape index (κ3) is 3.35. The van der Waals surface area contributed by atoms with E-state index in [1.165, 1.54) is 11.1 Å². The van der Waals surface area contributed by atoms with Crippen LogP contribution in [0.2, 0.25) is 0 Å². The van der Waals surface area contributed by atoms with Gasteiger partial charge in [0.15, 0.2) is 5.60 Å². The summed E-state index contributed by atoms with van der Waals surface area (Å²) >= 11 is 0. The van der Waals surface area contributed by atoms with E-state index in [1.807, 2.05) is 32.9 Å². The number of fused-ring (bicyclic) bond motifs is 2. The fourth-order valence-electron chi connectivity index (χ4n) is 5.43. The van der Waals surface area contributed by atoms with E-state index in [4.69, 9.17) is 9.36 Å². The molecule has 5 rings (SSSR count). The lowest BCUT2D eigenvalue weighted by molar-refractivity contribution is -0.134. The molecule has 2 aromatic rings. The second-order valence-electron chi connectivity index (χ2n) is 9.49. The number of aromatic nitrogens is 1. The first kappa shape index (κ1) is 20.2. The molecule has 7 nitrogen and oxygen atoms in total. The summed E-state index contributed by atoms with van der Waals surface area (Å²) in [5.74, 6) is 0.109. The summed E-state index contributed by atoms with van der Waals surface area (Å²) < 4.78 is 5.46. The molecule has 0 saturated carbocycles. The lowest BCUT2D eigenvalue weighted by atomic mass is 9.87. The van der Waals surface area contributed by atoms with Crippen LogP contribution in [0.3, 0.4) is 0 Å². The molecule has 1 saturated heterocycles. The van der Waals surface area contributed by atoms with Crippen LogP contribution in [-0.2, 0) is 21.7 Å². The highest BCUT2D eigenvalue weighted by atomic mass is 16.7. The van der Waals surface area contributed by atoms with Gasteiger partial charge in [0.1, 0.15) is 11.7 Å². The fourth-order valence-corrected chi connectivity index (χ4v) is 5.43. The van der Waals surface area contributed by atoms with Crippen LogP contribution in [0.4, 0.5) is 0 Å². The third-order valence-corrected chi connectivity index (χ3v) is 6.94. The predicted molar refractivity (Wildman–Crippen MR) is 115 cm³/mol. The quantitative estimate of drug-likeness (QED) is 0.815. The third-order valence-electron chi connectivity index (χ3n) is 6.94. The van der Waals surface area contributed by atoms with Crippen LogP contribution < -0.4 is 0 Å². The minimum absolute atomic E-state index is 0.0352. The number of carbonyl (C=O) groups excluding carboxylic acids is 1. The van der Waals surface area contributed by atoms with Crippen molar-refractivity contribution in [2.45, 2.75) is 70.1 Å². The first-order valence-corrected chi connectivity index (χ1v) is 11.1. The average Bonchev–Trinajstić information content (AvgIpc) is 3.51. The number of amides is 1. The molecule has 7 heteroatoms. The van der Waals surface area contributed by atoms with E-state index in [-0.39, 0.29) is 17.9 Å². The number of hydrogen-bond donors (Lipinski definition) is 1. The van der Waals surface area contributed by atoms with E-state index in [9.17, 15) is 9.90 Å². The summed E-state index contributed by atoms with van der Waals surface area (Å²) in [4.78, 5) is 21.5. The Bertz CT molecular complexity index is 1030. The van der Waals surface area contributed by atoms with Gasteiger partial charge >= 0.3 is 0 Å². The van der Waals surface area contributed by atoms with Crippen molar-refractivity contribution in [3.8, 4) is 0 Å². The van der Waals surface area contributed by atoms with Crippen LogP contribution in [-0.4, -0.2) is 45.5 Å². The number of nitrogens with zero attached hydrogens (tertiary/aromatic N) is 3. The van der Waals surface area contributed by atoms with Crippen molar-refractivity contribution in [3.63, 3.8) is 0 Å². The molecule has 4 atom stereocenters. The number of β-amino-alcohol motifs (C(OH)–C–C–N with tert-alkyl or cyclic N) is 1. The van der Waals surface area contributed by atoms with Crippen LogP contribution in [0, 0.1) is 12.8 Å². The van der Waals surface area contributed by atoms with Gasteiger partial charge in [0, 0.05) is 31.0 Å². The normalized spacial score (nSPS) is 28.2. The lowest BCUT2D eigenvalue weighted by Crippen LogP contribution is -2.44. The standard InChI is InChI=1S/C24H29N3O4/c1-14(2)22(21-10-15(3)25-30-21)23(29)27-13-17(28)11-20(27)19-12-24(31-26-19)9-8-16-6-4-5-7-18(16)24/h4-7,10,14,17,20,22,28H,8-9,11-13H2,1-3H3/t17-,20+,22+,24-/m1/s1. The molecule has 164 valence electrons. The molecule has 3 heterocycles. The fraction of sp³-hybridized carbons (Fsp3) is 0.542. The summed E-state index contributed by atoms with van der Waals surface area (Å²) in [6.45, 7) is 6.15. The van der Waals surface area contributed by atoms with Gasteiger partial charge in [0.25, 0.3) is 0 Å². The van der Waals surface area contributed by atoms with Gasteiger partial charge in [-0.15, -0.1) is 0 Å². The maximum absolute atomic E-state index is 13.7. The smallest absolute Gasteiger partial charge is 0.234 e. The van der Waals surface area contributed by atoms with E-state index in [0.29, 0.717) is 25.1 Å². The van der Waals surface area contributed by atoms with Crippen LogP contribution in [0.15, 0.2) is 40.0 Å². The molecule has 1 spiro atoms. The van der Waals surface area contributed by atoms with Gasteiger partial charge in [-0.05, 0) is 31.2 Å². The molecule has 1 aromatic carbocycles. The highest BCUT2D eigenvalue weighted by molar-refractivity contribution is 5.96. The first-order chi connectivity index (χ1) is 14.9. The molecule has 1 aliphatic carbocycles. The van der Waals surface area contributed by atoms with E-state index >= 15 is 0 Å². The van der Waals surface area contributed by atoms with Gasteiger partial charge in [-0.25, -0.2) is 0 Å². The van der Waals surface area contributed by atoms with Crippen molar-refractivity contribution < 1.29 is 19.3 Å². The van der Waals surface area contributed by atoms with Gasteiger partial charge in [-0.3, -0.25) is 4.79 Å². The van der Waals surface area contributed by atoms with Crippen LogP contribution in [0.1, 0.15) is 61.6 Å². The van der Waals surface area contributed by atoms with Crippen LogP contribution >= 0.6 is 0 Å². The molecule has 31 heavy (non-hydrogen) atoms. The summed E-state index contributed by atoms with van der Waals surface area (Å²) in [5, 5.41) is 18.9. The van der Waals surface area contributed by atoms with Crippen molar-refractivity contribution in [2.75, 3.05) is 6.54 Å². The second-order valence-corrected chi connectivity index (χ2v) is 9.49. The summed E-state index contributed by atoms with van der Waals surface area (Å²) in [7, 11) is 0. The van der Waals surface area contributed by atoms with E-state index in [1.54, 1.807) is 4.90 Å². The Morgan fingerprint density at radius 1 is 1.32 bits per heavy atom. The highest BCUT2D eigenvalue weighted by Gasteiger charge is 2.50. The molecule has 1 N–H and O–H groups in total. The van der Waals surface area contributed by atoms with E-state index < -0.39 is 17.6 Å². The summed E-state index contributed by atoms with van der Waals surface area (Å²) in [6, 6.07) is 9.92. The SMILES string of the molecule is Cc1cc([C@@H](C(=O)N2C[C@H](O)C[C@H]2C2=NO[C@]3(CCc4ccccc43)C2)C(C)C)on1. The second kappa shape index (κ2) is 7.48. The zero-order chi connectivity index (χ0) is 21.8. The number of aliphatic hydroxyl groups is 1. The Morgan fingerprint density at radius 2 is 2.13 bits per heavy atom. The molecule has 0 bridgehead atoms. The summed E-state index contributed by atoms with van der Waals surface area (Å²) in [5.41, 5.74) is 3.66. The number of hydrogen-bond acceptors (Lipinski definition) is 6. The predicted octanol–water partition coefficient (Wildman–Crippen LogP) is 3.30. The van der Waals surface area contributed by atoms with Crippen molar-refractivity contribution >= 4 is 11.6 Å². The Labute approximate surface area is 182 Å². The van der Waals surface area contributed by atoms with Crippen molar-refractivity contribution in [2.24, 2.45) is 11.1 Å². The lowest BCUT2D eigenvalue weighted by Gasteiger charge is -2.29. The minimum atomic E-state index is -0.576. The Balaban J connectivity index is 1.40. The Hall–Kier alpha value is -2.67. The number of carbonyl (C=O) groups is 1. The maximum Gasteiger partial charge on any atom is 0.234 e. The van der Waals surface area contributed by atoms with E-state index in [2.05, 4.69) is 28.5 Å². The van der Waals surface area contributed by atoms with Crippen molar-refractivity contribution in [1.82, 2.24) is 10.1 Å². The zero-order valence-corrected chi connectivity index (χ0v) is 18.2. The van der Waals surface area contributed by atoms with Gasteiger partial charge in [0.2, 0.25) is 5.91 Å². The maximum atomic E-state index is 13.7. The molecule has 0 radical (unpaired) electrons. The van der Waals surface area contributed by atoms with Gasteiger partial charge < -0.3 is 19.4 Å². The van der Waals surface area contributed by atoms with E-state index in [0.717, 1.165) is 24.2 Å². The average molecular weight is 424 g/mol. The molecular formula is C24H29N3O4. The Kier molecular flexibility index (Phi) is 4.88. The van der Waals surface area contributed by atoms with Crippen molar-refractivity contribution in [3.05, 3.63) is 52.9 Å².